The molecule has 0 fully saturated rings. The predicted octanol–water partition coefficient (Wildman–Crippen LogP) is 3.01. The van der Waals surface area contributed by atoms with Crippen LogP contribution in [0.15, 0.2) is 0 Å². The first-order chi connectivity index (χ1) is 9.22. The van der Waals surface area contributed by atoms with E-state index in [-0.39, 0.29) is 5.92 Å². The molecule has 0 heterocycles. The van der Waals surface area contributed by atoms with Gasteiger partial charge in [0, 0.05) is 5.97 Å². The third-order valence-corrected chi connectivity index (χ3v) is 3.75. The van der Waals surface area contributed by atoms with Crippen LogP contribution >= 0.6 is 0 Å². The summed E-state index contributed by atoms with van der Waals surface area (Å²) in [5.74, 6) is -1.10. The zero-order valence-electron chi connectivity index (χ0n) is 12.7. The zero-order chi connectivity index (χ0) is 14.3. The second kappa shape index (κ2) is 13.9. The maximum Gasteiger partial charge on any atom is 0.0445 e. The van der Waals surface area contributed by atoms with Crippen LogP contribution in [0.2, 0.25) is 0 Å². The van der Waals surface area contributed by atoms with Crippen LogP contribution in [-0.4, -0.2) is 12.5 Å². The van der Waals surface area contributed by atoms with Gasteiger partial charge in [0.05, 0.1) is 0 Å². The minimum Gasteiger partial charge on any atom is -0.550 e. The molecule has 0 saturated carbocycles. The Morgan fingerprint density at radius 3 is 1.84 bits per heavy atom. The number of carboxylic acid groups (broad SMARTS) is 1. The van der Waals surface area contributed by atoms with Gasteiger partial charge in [-0.15, -0.1) is 0 Å². The van der Waals surface area contributed by atoms with E-state index in [9.17, 15) is 9.90 Å². The monoisotopic (exact) mass is 270 g/mol. The molecule has 2 N–H and O–H groups in total. The van der Waals surface area contributed by atoms with E-state index >= 15 is 0 Å². The smallest absolute Gasteiger partial charge is 0.0445 e. The van der Waals surface area contributed by atoms with E-state index in [2.05, 4.69) is 6.92 Å². The molecule has 0 aliphatic heterocycles. The van der Waals surface area contributed by atoms with Crippen molar-refractivity contribution in [3.63, 3.8) is 0 Å². The fourth-order valence-electron chi connectivity index (χ4n) is 2.44. The average Bonchev–Trinajstić information content (AvgIpc) is 2.39. The van der Waals surface area contributed by atoms with Crippen molar-refractivity contribution < 1.29 is 9.90 Å². The third kappa shape index (κ3) is 12.2. The quantitative estimate of drug-likeness (QED) is 0.493. The van der Waals surface area contributed by atoms with Crippen molar-refractivity contribution in [2.24, 2.45) is 11.7 Å². The Hall–Kier alpha value is -0.570. The molecule has 0 aliphatic carbocycles. The highest BCUT2D eigenvalue weighted by Gasteiger charge is 2.09. The van der Waals surface area contributed by atoms with Crippen molar-refractivity contribution in [2.75, 3.05) is 6.54 Å². The van der Waals surface area contributed by atoms with Crippen LogP contribution < -0.4 is 10.8 Å². The molecule has 114 valence electrons. The van der Waals surface area contributed by atoms with Crippen molar-refractivity contribution in [3.05, 3.63) is 0 Å². The van der Waals surface area contributed by atoms with E-state index in [1.165, 1.54) is 32.1 Å². The van der Waals surface area contributed by atoms with E-state index in [1.807, 2.05) is 0 Å². The predicted molar refractivity (Wildman–Crippen MR) is 78.6 cm³/mol. The highest BCUT2D eigenvalue weighted by atomic mass is 16.4. The van der Waals surface area contributed by atoms with Gasteiger partial charge in [-0.3, -0.25) is 0 Å². The van der Waals surface area contributed by atoms with Gasteiger partial charge in [0.2, 0.25) is 0 Å². The molecule has 0 aromatic heterocycles. The minimum atomic E-state index is -0.862. The lowest BCUT2D eigenvalue weighted by Gasteiger charge is -2.17. The molecule has 0 saturated heterocycles. The van der Waals surface area contributed by atoms with Gasteiger partial charge in [0.1, 0.15) is 0 Å². The number of nitrogens with two attached hydrogens (primary N) is 1. The topological polar surface area (TPSA) is 66.2 Å². The average molecular weight is 270 g/mol. The molecule has 19 heavy (non-hydrogen) atoms. The number of aliphatic carboxylic acids is 1. The van der Waals surface area contributed by atoms with Crippen molar-refractivity contribution in [2.45, 2.75) is 84.0 Å². The minimum absolute atomic E-state index is 0.242. The second-order valence-electron chi connectivity index (χ2n) is 5.56. The lowest BCUT2D eigenvalue weighted by Crippen LogP contribution is -2.31. The lowest BCUT2D eigenvalue weighted by molar-refractivity contribution is -0.312. The first-order valence-electron chi connectivity index (χ1n) is 8.13. The number of carboxylic acids is 1. The molecule has 1 unspecified atom stereocenters. The molecule has 0 aromatic rings. The molecule has 0 bridgehead atoms. The van der Waals surface area contributed by atoms with Crippen LogP contribution in [-0.2, 0) is 4.79 Å². The van der Waals surface area contributed by atoms with E-state index < -0.39 is 5.97 Å². The van der Waals surface area contributed by atoms with Crippen LogP contribution in [0.3, 0.4) is 0 Å². The summed E-state index contributed by atoms with van der Waals surface area (Å²) in [6.07, 6.45) is 13.2. The largest absolute Gasteiger partial charge is 0.550 e. The maximum atomic E-state index is 11.0. The summed E-state index contributed by atoms with van der Waals surface area (Å²) >= 11 is 0. The second-order valence-corrected chi connectivity index (χ2v) is 5.56. The molecule has 1 atom stereocenters. The third-order valence-electron chi connectivity index (χ3n) is 3.75. The Kier molecular flexibility index (Phi) is 13.4. The van der Waals surface area contributed by atoms with Gasteiger partial charge in [-0.25, -0.2) is 0 Å². The Balaban J connectivity index is 3.51. The number of unbranched alkanes of at least 4 members (excludes halogenated alkanes) is 8. The van der Waals surface area contributed by atoms with Gasteiger partial charge in [-0.05, 0) is 31.7 Å². The number of hydrogen-bond acceptors (Lipinski definition) is 3. The molecule has 0 rings (SSSR count). The Labute approximate surface area is 119 Å². The SMILES string of the molecule is CCCCCCCCCC(CCCCCN)C(=O)[O-]. The molecule has 3 nitrogen and oxygen atoms in total. The lowest BCUT2D eigenvalue weighted by atomic mass is 9.94. The maximum absolute atomic E-state index is 11.0. The molecule has 0 aliphatic rings. The highest BCUT2D eigenvalue weighted by molar-refractivity contribution is 5.67. The van der Waals surface area contributed by atoms with Crippen LogP contribution in [0.5, 0.6) is 0 Å². The fourth-order valence-corrected chi connectivity index (χ4v) is 2.44. The van der Waals surface area contributed by atoms with Gasteiger partial charge in [-0.1, -0.05) is 64.7 Å². The van der Waals surface area contributed by atoms with Gasteiger partial charge < -0.3 is 15.6 Å². The highest BCUT2D eigenvalue weighted by Crippen LogP contribution is 2.18. The summed E-state index contributed by atoms with van der Waals surface area (Å²) in [5.41, 5.74) is 5.42. The summed E-state index contributed by atoms with van der Waals surface area (Å²) in [6.45, 7) is 2.92. The van der Waals surface area contributed by atoms with Gasteiger partial charge in [0.15, 0.2) is 0 Å². The zero-order valence-corrected chi connectivity index (χ0v) is 12.7. The molecular formula is C16H32NO2-. The van der Waals surface area contributed by atoms with Crippen molar-refractivity contribution in [1.82, 2.24) is 0 Å². The summed E-state index contributed by atoms with van der Waals surface area (Å²) in [6, 6.07) is 0. The van der Waals surface area contributed by atoms with Crippen molar-refractivity contribution >= 4 is 5.97 Å². The standard InChI is InChI=1S/C16H33NO2/c1-2-3-4-5-6-7-9-12-15(16(18)19)13-10-8-11-14-17/h15H,2-14,17H2,1H3,(H,18,19)/p-1. The van der Waals surface area contributed by atoms with E-state index in [0.717, 1.165) is 44.9 Å². The number of carbonyl (C=O) groups is 1. The molecular weight excluding hydrogens is 238 g/mol. The number of carbonyl (C=O) groups excluding carboxylic acids is 1. The van der Waals surface area contributed by atoms with Gasteiger partial charge in [-0.2, -0.15) is 0 Å². The van der Waals surface area contributed by atoms with Crippen LogP contribution in [0.25, 0.3) is 0 Å². The van der Waals surface area contributed by atoms with Gasteiger partial charge >= 0.3 is 0 Å². The molecule has 0 spiro atoms. The summed E-state index contributed by atoms with van der Waals surface area (Å²) in [5, 5.41) is 11.0. The van der Waals surface area contributed by atoms with Crippen LogP contribution in [0, 0.1) is 5.92 Å². The molecule has 0 radical (unpaired) electrons. The Bertz CT molecular complexity index is 207. The first-order valence-corrected chi connectivity index (χ1v) is 8.13. The van der Waals surface area contributed by atoms with E-state index in [1.54, 1.807) is 0 Å². The van der Waals surface area contributed by atoms with Crippen LogP contribution in [0.4, 0.5) is 0 Å². The molecule has 3 heteroatoms. The van der Waals surface area contributed by atoms with E-state index in [0.29, 0.717) is 6.54 Å². The fraction of sp³-hybridized carbons (Fsp3) is 0.938. The molecule has 0 amide bonds. The van der Waals surface area contributed by atoms with E-state index in [4.69, 9.17) is 5.73 Å². The summed E-state index contributed by atoms with van der Waals surface area (Å²) in [4.78, 5) is 11.0. The van der Waals surface area contributed by atoms with Gasteiger partial charge in [0.25, 0.3) is 0 Å². The van der Waals surface area contributed by atoms with Crippen LogP contribution in [0.1, 0.15) is 84.0 Å². The summed E-state index contributed by atoms with van der Waals surface area (Å²) in [7, 11) is 0. The Morgan fingerprint density at radius 1 is 0.895 bits per heavy atom. The Morgan fingerprint density at radius 2 is 1.37 bits per heavy atom. The molecule has 0 aromatic carbocycles. The van der Waals surface area contributed by atoms with Crippen molar-refractivity contribution in [1.29, 1.82) is 0 Å². The number of hydrogen-bond donors (Lipinski definition) is 1. The van der Waals surface area contributed by atoms with Crippen molar-refractivity contribution in [3.8, 4) is 0 Å². The first kappa shape index (κ1) is 18.4. The normalized spacial score (nSPS) is 12.5. The number of rotatable bonds is 14. The summed E-state index contributed by atoms with van der Waals surface area (Å²) < 4.78 is 0.